The first-order valence-electron chi connectivity index (χ1n) is 9.46. The zero-order chi connectivity index (χ0) is 21.3. The summed E-state index contributed by atoms with van der Waals surface area (Å²) in [5, 5.41) is 33.4. The maximum absolute atomic E-state index is 12.4. The topological polar surface area (TPSA) is 100 Å². The third-order valence-electron chi connectivity index (χ3n) is 5.09. The van der Waals surface area contributed by atoms with E-state index >= 15 is 0 Å². The minimum absolute atomic E-state index is 0.158. The van der Waals surface area contributed by atoms with Gasteiger partial charge in [0.15, 0.2) is 5.82 Å². The molecule has 0 spiro atoms. The normalized spacial score (nSPS) is 19.6. The van der Waals surface area contributed by atoms with Crippen molar-refractivity contribution in [3.8, 4) is 22.8 Å². The molecule has 3 aromatic rings. The van der Waals surface area contributed by atoms with E-state index in [0.717, 1.165) is 31.4 Å². The molecule has 1 aliphatic rings. The van der Waals surface area contributed by atoms with Gasteiger partial charge in [0.05, 0.1) is 12.1 Å². The highest BCUT2D eigenvalue weighted by Gasteiger charge is 2.31. The van der Waals surface area contributed by atoms with E-state index in [-0.39, 0.29) is 11.6 Å². The van der Waals surface area contributed by atoms with Crippen LogP contribution in [0.15, 0.2) is 36.7 Å². The van der Waals surface area contributed by atoms with Crippen molar-refractivity contribution in [2.45, 2.75) is 44.2 Å². The van der Waals surface area contributed by atoms with Gasteiger partial charge < -0.3 is 20.3 Å². The Kier molecular flexibility index (Phi) is 5.33. The standard InChI is InChI=1S/C20H19F3N4O3/c21-20(22,23)30-11-5-6-13(17(29)9-11)18-12-7-8-24-10-14(12)19(27-26-18)25-15-3-1-2-4-16(15)28/h5-10,15-16,28-29H,1-4H2,(H,25,27). The number of aliphatic hydroxyl groups is 1. The molecule has 10 heteroatoms. The van der Waals surface area contributed by atoms with Crippen molar-refractivity contribution >= 4 is 16.6 Å². The Labute approximate surface area is 169 Å². The molecule has 1 saturated carbocycles. The van der Waals surface area contributed by atoms with Crippen molar-refractivity contribution < 1.29 is 28.1 Å². The van der Waals surface area contributed by atoms with Crippen LogP contribution in [-0.2, 0) is 0 Å². The number of fused-ring (bicyclic) bond motifs is 1. The summed E-state index contributed by atoms with van der Waals surface area (Å²) >= 11 is 0. The Bertz CT molecular complexity index is 1060. The number of aliphatic hydroxyl groups excluding tert-OH is 1. The predicted octanol–water partition coefficient (Wildman–Crippen LogP) is 4.01. The van der Waals surface area contributed by atoms with E-state index in [4.69, 9.17) is 0 Å². The molecule has 2 aromatic heterocycles. The largest absolute Gasteiger partial charge is 0.573 e. The molecule has 2 heterocycles. The molecule has 0 bridgehead atoms. The Morgan fingerprint density at radius 2 is 1.87 bits per heavy atom. The van der Waals surface area contributed by atoms with Gasteiger partial charge in [-0.1, -0.05) is 12.8 Å². The summed E-state index contributed by atoms with van der Waals surface area (Å²) < 4.78 is 41.1. The van der Waals surface area contributed by atoms with Crippen LogP contribution in [0.4, 0.5) is 19.0 Å². The number of aromatic hydroxyl groups is 1. The second-order valence-corrected chi connectivity index (χ2v) is 7.15. The first-order chi connectivity index (χ1) is 14.3. The van der Waals surface area contributed by atoms with Crippen LogP contribution < -0.4 is 10.1 Å². The number of benzene rings is 1. The predicted molar refractivity (Wildman–Crippen MR) is 103 cm³/mol. The number of phenolic OH excluding ortho intramolecular Hbond substituents is 1. The molecular weight excluding hydrogens is 401 g/mol. The Morgan fingerprint density at radius 1 is 1.07 bits per heavy atom. The number of pyridine rings is 1. The smallest absolute Gasteiger partial charge is 0.507 e. The van der Waals surface area contributed by atoms with E-state index in [2.05, 4.69) is 25.2 Å². The maximum atomic E-state index is 12.4. The van der Waals surface area contributed by atoms with Crippen LogP contribution in [0.1, 0.15) is 25.7 Å². The Balaban J connectivity index is 1.71. The summed E-state index contributed by atoms with van der Waals surface area (Å²) in [6.07, 6.45) is 1.26. The quantitative estimate of drug-likeness (QED) is 0.586. The van der Waals surface area contributed by atoms with Gasteiger partial charge in [-0.2, -0.15) is 0 Å². The third kappa shape index (κ3) is 4.23. The van der Waals surface area contributed by atoms with Crippen LogP contribution in [-0.4, -0.2) is 43.9 Å². The van der Waals surface area contributed by atoms with Crippen molar-refractivity contribution in [1.82, 2.24) is 15.2 Å². The SMILES string of the molecule is Oc1cc(OC(F)(F)F)ccc1-c1nnc(NC2CCCCC2O)c2cnccc12. The highest BCUT2D eigenvalue weighted by molar-refractivity contribution is 6.00. The molecule has 7 nitrogen and oxygen atoms in total. The Morgan fingerprint density at radius 3 is 2.60 bits per heavy atom. The van der Waals surface area contributed by atoms with E-state index in [0.29, 0.717) is 28.7 Å². The number of halogens is 3. The lowest BCUT2D eigenvalue weighted by molar-refractivity contribution is -0.274. The summed E-state index contributed by atoms with van der Waals surface area (Å²) in [7, 11) is 0. The van der Waals surface area contributed by atoms with E-state index in [1.165, 1.54) is 6.07 Å². The van der Waals surface area contributed by atoms with Gasteiger partial charge in [0, 0.05) is 34.8 Å². The van der Waals surface area contributed by atoms with Crippen LogP contribution in [0.3, 0.4) is 0 Å². The number of anilines is 1. The van der Waals surface area contributed by atoms with Crippen LogP contribution in [0.5, 0.6) is 11.5 Å². The zero-order valence-electron chi connectivity index (χ0n) is 15.7. The average molecular weight is 420 g/mol. The summed E-state index contributed by atoms with van der Waals surface area (Å²) in [6, 6.07) is 4.79. The lowest BCUT2D eigenvalue weighted by Gasteiger charge is -2.29. The number of hydrogen-bond donors (Lipinski definition) is 3. The van der Waals surface area contributed by atoms with Crippen molar-refractivity contribution in [2.75, 3.05) is 5.32 Å². The zero-order valence-corrected chi connectivity index (χ0v) is 15.7. The molecule has 2 atom stereocenters. The first kappa shape index (κ1) is 20.1. The molecule has 1 fully saturated rings. The molecule has 2 unspecified atom stereocenters. The molecule has 3 N–H and O–H groups in total. The lowest BCUT2D eigenvalue weighted by Crippen LogP contribution is -2.36. The molecular formula is C20H19F3N4O3. The van der Waals surface area contributed by atoms with Crippen LogP contribution in [0.2, 0.25) is 0 Å². The molecule has 4 rings (SSSR count). The third-order valence-corrected chi connectivity index (χ3v) is 5.09. The van der Waals surface area contributed by atoms with Crippen LogP contribution in [0, 0.1) is 0 Å². The monoisotopic (exact) mass is 420 g/mol. The highest BCUT2D eigenvalue weighted by atomic mass is 19.4. The number of rotatable bonds is 4. The fraction of sp³-hybridized carbons (Fsp3) is 0.350. The second-order valence-electron chi connectivity index (χ2n) is 7.15. The van der Waals surface area contributed by atoms with Gasteiger partial charge >= 0.3 is 6.36 Å². The van der Waals surface area contributed by atoms with Gasteiger partial charge in [-0.25, -0.2) is 0 Å². The first-order valence-corrected chi connectivity index (χ1v) is 9.46. The number of hydrogen-bond acceptors (Lipinski definition) is 7. The minimum atomic E-state index is -4.86. The number of ether oxygens (including phenoxy) is 1. The van der Waals surface area contributed by atoms with Gasteiger partial charge in [-0.3, -0.25) is 4.98 Å². The molecule has 1 aromatic carbocycles. The molecule has 0 saturated heterocycles. The minimum Gasteiger partial charge on any atom is -0.507 e. The lowest BCUT2D eigenvalue weighted by atomic mass is 9.92. The van der Waals surface area contributed by atoms with E-state index in [1.807, 2.05) is 0 Å². The van der Waals surface area contributed by atoms with Crippen LogP contribution in [0.25, 0.3) is 22.0 Å². The molecule has 0 radical (unpaired) electrons. The van der Waals surface area contributed by atoms with Gasteiger partial charge in [-0.05, 0) is 31.0 Å². The van der Waals surface area contributed by atoms with Crippen molar-refractivity contribution in [1.29, 1.82) is 0 Å². The van der Waals surface area contributed by atoms with Crippen molar-refractivity contribution in [3.05, 3.63) is 36.7 Å². The van der Waals surface area contributed by atoms with Gasteiger partial charge in [-0.15, -0.1) is 23.4 Å². The fourth-order valence-electron chi connectivity index (χ4n) is 3.67. The van der Waals surface area contributed by atoms with Crippen LogP contribution >= 0.6 is 0 Å². The number of nitrogens with zero attached hydrogens (tertiary/aromatic N) is 3. The van der Waals surface area contributed by atoms with E-state index < -0.39 is 24.0 Å². The summed E-state index contributed by atoms with van der Waals surface area (Å²) in [6.45, 7) is 0. The van der Waals surface area contributed by atoms with Crippen molar-refractivity contribution in [3.63, 3.8) is 0 Å². The van der Waals surface area contributed by atoms with E-state index in [9.17, 15) is 23.4 Å². The highest BCUT2D eigenvalue weighted by Crippen LogP contribution is 2.37. The van der Waals surface area contributed by atoms with Crippen molar-refractivity contribution in [2.24, 2.45) is 0 Å². The molecule has 30 heavy (non-hydrogen) atoms. The summed E-state index contributed by atoms with van der Waals surface area (Å²) in [5.74, 6) is -0.510. The van der Waals surface area contributed by atoms with Gasteiger partial charge in [0.2, 0.25) is 0 Å². The summed E-state index contributed by atoms with van der Waals surface area (Å²) in [5.41, 5.74) is 0.496. The fourth-order valence-corrected chi connectivity index (χ4v) is 3.67. The number of alkyl halides is 3. The summed E-state index contributed by atoms with van der Waals surface area (Å²) in [4.78, 5) is 4.12. The van der Waals surface area contributed by atoms with Gasteiger partial charge in [0.1, 0.15) is 17.2 Å². The maximum Gasteiger partial charge on any atom is 0.573 e. The molecule has 1 aliphatic carbocycles. The molecule has 0 amide bonds. The van der Waals surface area contributed by atoms with E-state index in [1.54, 1.807) is 18.5 Å². The Hall–Kier alpha value is -3.14. The second kappa shape index (κ2) is 7.94. The number of phenols is 1. The molecule has 0 aliphatic heterocycles. The number of nitrogens with one attached hydrogen (secondary N) is 1. The molecule has 158 valence electrons. The number of aromatic nitrogens is 3. The van der Waals surface area contributed by atoms with Gasteiger partial charge in [0.25, 0.3) is 0 Å². The average Bonchev–Trinajstić information content (AvgIpc) is 2.69.